The number of rotatable bonds is 3. The number of alkyl halides is 1. The molecule has 0 amide bonds. The standard InChI is InChI=1S/C15H11BrCl2/c16-10-13-5-2-11(3-6-13)1-4-12-7-8-14(17)15(18)9-12/h1-9H,10H2/b4-1+. The Hall–Kier alpha value is -0.760. The van der Waals surface area contributed by atoms with Crippen LogP contribution in [-0.2, 0) is 5.33 Å². The molecule has 3 heteroatoms. The Morgan fingerprint density at radius 2 is 1.44 bits per heavy atom. The molecule has 0 aliphatic rings. The fourth-order valence-corrected chi connectivity index (χ4v) is 2.21. The molecule has 0 nitrogen and oxygen atoms in total. The topological polar surface area (TPSA) is 0 Å². The second kappa shape index (κ2) is 6.42. The lowest BCUT2D eigenvalue weighted by atomic mass is 10.1. The molecule has 0 spiro atoms. The summed E-state index contributed by atoms with van der Waals surface area (Å²) in [6.45, 7) is 0. The molecule has 0 unspecified atom stereocenters. The van der Waals surface area contributed by atoms with Crippen molar-refractivity contribution in [3.05, 3.63) is 69.2 Å². The minimum absolute atomic E-state index is 0.577. The molecule has 2 aromatic rings. The van der Waals surface area contributed by atoms with Crippen molar-refractivity contribution < 1.29 is 0 Å². The van der Waals surface area contributed by atoms with Gasteiger partial charge < -0.3 is 0 Å². The van der Waals surface area contributed by atoms with Crippen LogP contribution in [0.3, 0.4) is 0 Å². The Kier molecular flexibility index (Phi) is 4.87. The fraction of sp³-hybridized carbons (Fsp3) is 0.0667. The molecule has 0 aromatic heterocycles. The predicted octanol–water partition coefficient (Wildman–Crippen LogP) is 6.06. The fourth-order valence-electron chi connectivity index (χ4n) is 1.53. The molecule has 0 radical (unpaired) electrons. The van der Waals surface area contributed by atoms with E-state index in [-0.39, 0.29) is 0 Å². The van der Waals surface area contributed by atoms with Gasteiger partial charge in [0, 0.05) is 5.33 Å². The molecule has 0 saturated carbocycles. The number of benzene rings is 2. The Morgan fingerprint density at radius 3 is 2.06 bits per heavy atom. The van der Waals surface area contributed by atoms with E-state index >= 15 is 0 Å². The zero-order valence-electron chi connectivity index (χ0n) is 9.54. The van der Waals surface area contributed by atoms with Crippen molar-refractivity contribution >= 4 is 51.3 Å². The van der Waals surface area contributed by atoms with Crippen LogP contribution >= 0.6 is 39.1 Å². The van der Waals surface area contributed by atoms with E-state index in [1.807, 2.05) is 18.2 Å². The van der Waals surface area contributed by atoms with E-state index in [1.54, 1.807) is 6.07 Å². The zero-order valence-corrected chi connectivity index (χ0v) is 12.6. The van der Waals surface area contributed by atoms with Gasteiger partial charge in [0.1, 0.15) is 0 Å². The van der Waals surface area contributed by atoms with Crippen LogP contribution in [0.4, 0.5) is 0 Å². The summed E-state index contributed by atoms with van der Waals surface area (Å²) in [4.78, 5) is 0. The third-order valence-electron chi connectivity index (χ3n) is 2.55. The highest BCUT2D eigenvalue weighted by molar-refractivity contribution is 9.08. The molecule has 0 N–H and O–H groups in total. The molecule has 0 atom stereocenters. The van der Waals surface area contributed by atoms with E-state index in [4.69, 9.17) is 23.2 Å². The Balaban J connectivity index is 2.16. The predicted molar refractivity (Wildman–Crippen MR) is 84.5 cm³/mol. The lowest BCUT2D eigenvalue weighted by Gasteiger charge is -1.99. The van der Waals surface area contributed by atoms with Gasteiger partial charge in [0.05, 0.1) is 10.0 Å². The van der Waals surface area contributed by atoms with Crippen molar-refractivity contribution in [1.29, 1.82) is 0 Å². The summed E-state index contributed by atoms with van der Waals surface area (Å²) in [5.74, 6) is 0. The molecular formula is C15H11BrCl2. The Bertz CT molecular complexity index is 559. The summed E-state index contributed by atoms with van der Waals surface area (Å²) >= 11 is 15.3. The molecule has 2 rings (SSSR count). The summed E-state index contributed by atoms with van der Waals surface area (Å²) < 4.78 is 0. The molecule has 0 fully saturated rings. The van der Waals surface area contributed by atoms with Gasteiger partial charge in [0.25, 0.3) is 0 Å². The van der Waals surface area contributed by atoms with Crippen LogP contribution < -0.4 is 0 Å². The highest BCUT2D eigenvalue weighted by Gasteiger charge is 1.96. The molecular weight excluding hydrogens is 331 g/mol. The van der Waals surface area contributed by atoms with E-state index in [0.29, 0.717) is 10.0 Å². The summed E-state index contributed by atoms with van der Waals surface area (Å²) in [6, 6.07) is 14.0. The number of halogens is 3. The van der Waals surface area contributed by atoms with E-state index in [1.165, 1.54) is 5.56 Å². The first kappa shape index (κ1) is 13.7. The minimum Gasteiger partial charge on any atom is -0.0876 e. The van der Waals surface area contributed by atoms with Crippen molar-refractivity contribution in [2.75, 3.05) is 0 Å². The second-order valence-corrected chi connectivity index (χ2v) is 5.26. The first-order chi connectivity index (χ1) is 8.69. The molecule has 0 aliphatic heterocycles. The molecule has 18 heavy (non-hydrogen) atoms. The SMILES string of the molecule is Clc1ccc(/C=C/c2ccc(CBr)cc2)cc1Cl. The van der Waals surface area contributed by atoms with Crippen molar-refractivity contribution in [3.8, 4) is 0 Å². The van der Waals surface area contributed by atoms with Gasteiger partial charge in [0.2, 0.25) is 0 Å². The number of hydrogen-bond acceptors (Lipinski definition) is 0. The maximum atomic E-state index is 5.96. The van der Waals surface area contributed by atoms with Gasteiger partial charge in [-0.25, -0.2) is 0 Å². The van der Waals surface area contributed by atoms with Crippen LogP contribution in [0.25, 0.3) is 12.2 Å². The maximum absolute atomic E-state index is 5.96. The van der Waals surface area contributed by atoms with Gasteiger partial charge in [0.15, 0.2) is 0 Å². The van der Waals surface area contributed by atoms with Crippen LogP contribution in [0.1, 0.15) is 16.7 Å². The molecule has 92 valence electrons. The third kappa shape index (κ3) is 3.61. The third-order valence-corrected chi connectivity index (χ3v) is 3.93. The van der Waals surface area contributed by atoms with Gasteiger partial charge in [-0.2, -0.15) is 0 Å². The molecule has 0 heterocycles. The largest absolute Gasteiger partial charge is 0.0876 e. The van der Waals surface area contributed by atoms with Crippen molar-refractivity contribution in [2.45, 2.75) is 5.33 Å². The van der Waals surface area contributed by atoms with E-state index in [9.17, 15) is 0 Å². The highest BCUT2D eigenvalue weighted by atomic mass is 79.9. The van der Waals surface area contributed by atoms with Crippen LogP contribution in [0.2, 0.25) is 10.0 Å². The van der Waals surface area contributed by atoms with Crippen LogP contribution in [0.5, 0.6) is 0 Å². The quantitative estimate of drug-likeness (QED) is 0.470. The lowest BCUT2D eigenvalue weighted by Crippen LogP contribution is -1.78. The maximum Gasteiger partial charge on any atom is 0.0598 e. The van der Waals surface area contributed by atoms with Crippen molar-refractivity contribution in [2.24, 2.45) is 0 Å². The van der Waals surface area contributed by atoms with Crippen LogP contribution in [0.15, 0.2) is 42.5 Å². The van der Waals surface area contributed by atoms with Gasteiger partial charge in [-0.1, -0.05) is 81.6 Å². The van der Waals surface area contributed by atoms with E-state index < -0.39 is 0 Å². The summed E-state index contributed by atoms with van der Waals surface area (Å²) in [5.41, 5.74) is 3.46. The number of hydrogen-bond donors (Lipinski definition) is 0. The van der Waals surface area contributed by atoms with Crippen LogP contribution in [-0.4, -0.2) is 0 Å². The molecule has 0 bridgehead atoms. The minimum atomic E-state index is 0.577. The molecule has 2 aromatic carbocycles. The van der Waals surface area contributed by atoms with Crippen molar-refractivity contribution in [3.63, 3.8) is 0 Å². The first-order valence-electron chi connectivity index (χ1n) is 5.47. The molecule has 0 saturated heterocycles. The summed E-state index contributed by atoms with van der Waals surface area (Å²) in [7, 11) is 0. The normalized spacial score (nSPS) is 11.1. The van der Waals surface area contributed by atoms with Crippen LogP contribution in [0, 0.1) is 0 Å². The van der Waals surface area contributed by atoms with Gasteiger partial charge in [-0.3, -0.25) is 0 Å². The summed E-state index contributed by atoms with van der Waals surface area (Å²) in [6.07, 6.45) is 4.07. The van der Waals surface area contributed by atoms with Gasteiger partial charge in [-0.05, 0) is 28.8 Å². The highest BCUT2D eigenvalue weighted by Crippen LogP contribution is 2.23. The summed E-state index contributed by atoms with van der Waals surface area (Å²) in [5, 5.41) is 2.04. The Morgan fingerprint density at radius 1 is 0.833 bits per heavy atom. The smallest absolute Gasteiger partial charge is 0.0598 e. The second-order valence-electron chi connectivity index (χ2n) is 3.88. The van der Waals surface area contributed by atoms with Gasteiger partial charge in [-0.15, -0.1) is 0 Å². The van der Waals surface area contributed by atoms with E-state index in [0.717, 1.165) is 16.5 Å². The average molecular weight is 342 g/mol. The first-order valence-corrected chi connectivity index (χ1v) is 7.35. The average Bonchev–Trinajstić information content (AvgIpc) is 2.41. The zero-order chi connectivity index (χ0) is 13.0. The Labute approximate surface area is 125 Å². The van der Waals surface area contributed by atoms with Gasteiger partial charge >= 0.3 is 0 Å². The lowest BCUT2D eigenvalue weighted by molar-refractivity contribution is 1.43. The monoisotopic (exact) mass is 340 g/mol. The van der Waals surface area contributed by atoms with E-state index in [2.05, 4.69) is 46.3 Å². The van der Waals surface area contributed by atoms with Crippen molar-refractivity contribution in [1.82, 2.24) is 0 Å². The molecule has 0 aliphatic carbocycles.